The highest BCUT2D eigenvalue weighted by Gasteiger charge is 2.53. The number of benzene rings is 2. The van der Waals surface area contributed by atoms with Crippen LogP contribution in [0.3, 0.4) is 0 Å². The molecule has 4 nitrogen and oxygen atoms in total. The fraction of sp³-hybridized carbons (Fsp3) is 0.333. The van der Waals surface area contributed by atoms with Crippen LogP contribution in [-0.2, 0) is 19.9 Å². The zero-order valence-electron chi connectivity index (χ0n) is 14.5. The smallest absolute Gasteiger partial charge is 0.312 e. The molecule has 26 heavy (non-hydrogen) atoms. The van der Waals surface area contributed by atoms with Crippen molar-refractivity contribution < 1.29 is 19.4 Å². The lowest BCUT2D eigenvalue weighted by atomic mass is 9.63. The molecule has 0 unspecified atom stereocenters. The van der Waals surface area contributed by atoms with E-state index in [4.69, 9.17) is 16.3 Å². The maximum absolute atomic E-state index is 12.8. The Labute approximate surface area is 157 Å². The van der Waals surface area contributed by atoms with Crippen LogP contribution in [0.1, 0.15) is 36.8 Å². The molecule has 136 valence electrons. The minimum Gasteiger partial charge on any atom is -0.466 e. The molecule has 0 bridgehead atoms. The molecule has 0 saturated heterocycles. The third-order valence-electron chi connectivity index (χ3n) is 4.94. The van der Waals surface area contributed by atoms with Gasteiger partial charge in [0.1, 0.15) is 11.4 Å². The Morgan fingerprint density at radius 2 is 1.85 bits per heavy atom. The fourth-order valence-corrected chi connectivity index (χ4v) is 3.92. The van der Waals surface area contributed by atoms with Gasteiger partial charge in [0.15, 0.2) is 0 Å². The van der Waals surface area contributed by atoms with Gasteiger partial charge in [-0.15, -0.1) is 0 Å². The lowest BCUT2D eigenvalue weighted by molar-refractivity contribution is -0.167. The Bertz CT molecular complexity index is 787. The van der Waals surface area contributed by atoms with Crippen molar-refractivity contribution in [3.63, 3.8) is 0 Å². The quantitative estimate of drug-likeness (QED) is 0.828. The SMILES string of the molecule is CCOC(=O)[C@H]1[C@H](c2ccc(Cl)cc2)CC(=O)C[C@]1(O)c1ccccc1. The van der Waals surface area contributed by atoms with E-state index in [0.29, 0.717) is 10.6 Å². The average molecular weight is 373 g/mol. The standard InChI is InChI=1S/C21H21ClO4/c1-2-26-20(24)19-18(14-8-10-16(22)11-9-14)12-17(23)13-21(19,25)15-6-4-3-5-7-15/h3-11,18-19,25H,2,12-13H2,1H3/t18-,19+,21-/m0/s1. The number of ketones is 1. The van der Waals surface area contributed by atoms with Crippen LogP contribution in [-0.4, -0.2) is 23.5 Å². The molecule has 2 aromatic carbocycles. The van der Waals surface area contributed by atoms with E-state index in [1.54, 1.807) is 55.5 Å². The third kappa shape index (κ3) is 3.53. The highest BCUT2D eigenvalue weighted by atomic mass is 35.5. The number of carbonyl (C=O) groups is 2. The van der Waals surface area contributed by atoms with Crippen LogP contribution in [0.2, 0.25) is 5.02 Å². The van der Waals surface area contributed by atoms with Gasteiger partial charge in [0.25, 0.3) is 0 Å². The number of halogens is 1. The first-order valence-electron chi connectivity index (χ1n) is 8.67. The van der Waals surface area contributed by atoms with Gasteiger partial charge in [-0.05, 0) is 30.2 Å². The summed E-state index contributed by atoms with van der Waals surface area (Å²) in [4.78, 5) is 25.3. The normalized spacial score (nSPS) is 25.7. The molecule has 3 rings (SSSR count). The lowest BCUT2D eigenvalue weighted by Gasteiger charge is -2.43. The topological polar surface area (TPSA) is 63.6 Å². The van der Waals surface area contributed by atoms with Gasteiger partial charge in [-0.3, -0.25) is 9.59 Å². The molecule has 1 fully saturated rings. The summed E-state index contributed by atoms with van der Waals surface area (Å²) in [6.45, 7) is 1.94. The summed E-state index contributed by atoms with van der Waals surface area (Å²) in [6.07, 6.45) is 0.0742. The van der Waals surface area contributed by atoms with Crippen molar-refractivity contribution >= 4 is 23.4 Å². The molecular weight excluding hydrogens is 352 g/mol. The van der Waals surface area contributed by atoms with Crippen LogP contribution in [0, 0.1) is 5.92 Å². The van der Waals surface area contributed by atoms with Crippen molar-refractivity contribution in [1.29, 1.82) is 0 Å². The molecule has 0 radical (unpaired) electrons. The molecule has 1 aliphatic carbocycles. The van der Waals surface area contributed by atoms with E-state index in [1.165, 1.54) is 0 Å². The number of esters is 1. The second kappa shape index (κ2) is 7.60. The molecule has 0 aromatic heterocycles. The summed E-state index contributed by atoms with van der Waals surface area (Å²) < 4.78 is 5.27. The van der Waals surface area contributed by atoms with Gasteiger partial charge in [-0.25, -0.2) is 0 Å². The molecule has 1 saturated carbocycles. The average Bonchev–Trinajstić information content (AvgIpc) is 2.62. The molecule has 1 aliphatic rings. The minimum absolute atomic E-state index is 0.0862. The summed E-state index contributed by atoms with van der Waals surface area (Å²) in [5.41, 5.74) is -0.271. The summed E-state index contributed by atoms with van der Waals surface area (Å²) in [5, 5.41) is 12.1. The summed E-state index contributed by atoms with van der Waals surface area (Å²) in [5.74, 6) is -1.93. The maximum atomic E-state index is 12.8. The van der Waals surface area contributed by atoms with Gasteiger partial charge in [0, 0.05) is 23.8 Å². The summed E-state index contributed by atoms with van der Waals surface area (Å²) in [6, 6.07) is 15.9. The number of aliphatic hydroxyl groups is 1. The maximum Gasteiger partial charge on any atom is 0.312 e. The lowest BCUT2D eigenvalue weighted by Crippen LogP contribution is -2.49. The number of hydrogen-bond donors (Lipinski definition) is 1. The van der Waals surface area contributed by atoms with Crippen molar-refractivity contribution in [3.8, 4) is 0 Å². The number of ether oxygens (including phenoxy) is 1. The molecule has 0 heterocycles. The molecule has 0 amide bonds. The van der Waals surface area contributed by atoms with Gasteiger partial charge in [0.05, 0.1) is 12.5 Å². The van der Waals surface area contributed by atoms with E-state index in [9.17, 15) is 14.7 Å². The van der Waals surface area contributed by atoms with Crippen molar-refractivity contribution in [2.75, 3.05) is 6.61 Å². The van der Waals surface area contributed by atoms with E-state index >= 15 is 0 Å². The monoisotopic (exact) mass is 372 g/mol. The van der Waals surface area contributed by atoms with Crippen molar-refractivity contribution in [1.82, 2.24) is 0 Å². The van der Waals surface area contributed by atoms with Crippen LogP contribution in [0.5, 0.6) is 0 Å². The van der Waals surface area contributed by atoms with Crippen molar-refractivity contribution in [2.45, 2.75) is 31.3 Å². The minimum atomic E-state index is -1.60. The second-order valence-corrected chi connectivity index (χ2v) is 7.03. The molecule has 0 aliphatic heterocycles. The van der Waals surface area contributed by atoms with Crippen LogP contribution in [0.25, 0.3) is 0 Å². The van der Waals surface area contributed by atoms with Gasteiger partial charge in [-0.2, -0.15) is 0 Å². The fourth-order valence-electron chi connectivity index (χ4n) is 3.80. The van der Waals surface area contributed by atoms with Crippen LogP contribution in [0.4, 0.5) is 0 Å². The number of carbonyl (C=O) groups excluding carboxylic acids is 2. The third-order valence-corrected chi connectivity index (χ3v) is 5.20. The van der Waals surface area contributed by atoms with Crippen molar-refractivity contribution in [2.24, 2.45) is 5.92 Å². The Kier molecular flexibility index (Phi) is 5.44. The van der Waals surface area contributed by atoms with E-state index in [-0.39, 0.29) is 25.2 Å². The molecule has 5 heteroatoms. The summed E-state index contributed by atoms with van der Waals surface area (Å²) >= 11 is 5.97. The first kappa shape index (κ1) is 18.6. The number of rotatable bonds is 4. The van der Waals surface area contributed by atoms with E-state index in [0.717, 1.165) is 5.56 Å². The molecule has 0 spiro atoms. The predicted molar refractivity (Wildman–Crippen MR) is 98.9 cm³/mol. The molecule has 1 N–H and O–H groups in total. The molecular formula is C21H21ClO4. The van der Waals surface area contributed by atoms with E-state index in [1.807, 2.05) is 6.07 Å². The first-order chi connectivity index (χ1) is 12.5. The Hall–Kier alpha value is -2.17. The van der Waals surface area contributed by atoms with Gasteiger partial charge >= 0.3 is 5.97 Å². The Morgan fingerprint density at radius 1 is 1.19 bits per heavy atom. The molecule has 3 atom stereocenters. The summed E-state index contributed by atoms with van der Waals surface area (Å²) in [7, 11) is 0. The van der Waals surface area contributed by atoms with Gasteiger partial charge in [0.2, 0.25) is 0 Å². The van der Waals surface area contributed by atoms with E-state index < -0.39 is 23.4 Å². The first-order valence-corrected chi connectivity index (χ1v) is 9.05. The second-order valence-electron chi connectivity index (χ2n) is 6.60. The van der Waals surface area contributed by atoms with E-state index in [2.05, 4.69) is 0 Å². The van der Waals surface area contributed by atoms with Crippen molar-refractivity contribution in [3.05, 3.63) is 70.7 Å². The Balaban J connectivity index is 2.11. The number of hydrogen-bond acceptors (Lipinski definition) is 4. The van der Waals surface area contributed by atoms with Crippen LogP contribution < -0.4 is 0 Å². The zero-order valence-corrected chi connectivity index (χ0v) is 15.3. The largest absolute Gasteiger partial charge is 0.466 e. The van der Waals surface area contributed by atoms with Crippen LogP contribution in [0.15, 0.2) is 54.6 Å². The highest BCUT2D eigenvalue weighted by Crippen LogP contribution is 2.48. The molecule has 2 aromatic rings. The van der Waals surface area contributed by atoms with Gasteiger partial charge < -0.3 is 9.84 Å². The van der Waals surface area contributed by atoms with Crippen LogP contribution >= 0.6 is 11.6 Å². The Morgan fingerprint density at radius 3 is 2.46 bits per heavy atom. The predicted octanol–water partition coefficient (Wildman–Crippen LogP) is 3.85. The zero-order chi connectivity index (χ0) is 18.7. The highest BCUT2D eigenvalue weighted by molar-refractivity contribution is 6.30. The van der Waals surface area contributed by atoms with Gasteiger partial charge in [-0.1, -0.05) is 54.1 Å². The number of Topliss-reactive ketones (excluding diaryl/α,β-unsaturated/α-hetero) is 1.